The van der Waals surface area contributed by atoms with E-state index in [4.69, 9.17) is 0 Å². The van der Waals surface area contributed by atoms with E-state index < -0.39 is 14.3 Å². The van der Waals surface area contributed by atoms with Crippen LogP contribution in [0, 0.1) is 0 Å². The summed E-state index contributed by atoms with van der Waals surface area (Å²) in [5.41, 5.74) is 0. The van der Waals surface area contributed by atoms with Crippen LogP contribution in [0.25, 0.3) is 0 Å². The molecule has 0 spiro atoms. The standard InChI is InChI=1S/2C7H10OP.2ClH.Ti/c2*1-9(2,8)7-5-3-4-6-7;;;/h2*3-6H,1-2H3;2*1H;. The van der Waals surface area contributed by atoms with Gasteiger partial charge in [0, 0.05) is 0 Å². The van der Waals surface area contributed by atoms with Gasteiger partial charge >= 0.3 is 125 Å². The first-order valence-corrected chi connectivity index (χ1v) is 13.3. The van der Waals surface area contributed by atoms with Crippen molar-refractivity contribution in [2.45, 2.75) is 8.45 Å². The van der Waals surface area contributed by atoms with E-state index in [0.29, 0.717) is 8.45 Å². The molecule has 0 heterocycles. The van der Waals surface area contributed by atoms with Crippen LogP contribution in [0.3, 0.4) is 0 Å². The Balaban J connectivity index is 0.00000200. The van der Waals surface area contributed by atoms with E-state index in [9.17, 15) is 9.13 Å². The zero-order valence-corrected chi connectivity index (χ0v) is 17.6. The zero-order valence-electron chi connectivity index (χ0n) is 12.6. The van der Waals surface area contributed by atoms with Gasteiger partial charge in [0.1, 0.15) is 0 Å². The van der Waals surface area contributed by atoms with Crippen LogP contribution in [-0.2, 0) is 28.3 Å². The maximum atomic E-state index is 12.0. The fourth-order valence-corrected chi connectivity index (χ4v) is 6.71. The maximum Gasteiger partial charge on any atom is -0.147 e. The number of hydrogen-bond donors (Lipinski definition) is 0. The Hall–Kier alpha value is 0.714. The van der Waals surface area contributed by atoms with Crippen LogP contribution in [0.15, 0.2) is 47.1 Å². The van der Waals surface area contributed by atoms with Gasteiger partial charge in [0.2, 0.25) is 0 Å². The molecule has 2 unspecified atom stereocenters. The van der Waals surface area contributed by atoms with Gasteiger partial charge in [0.05, 0.1) is 0 Å². The third-order valence-corrected chi connectivity index (χ3v) is 8.68. The van der Waals surface area contributed by atoms with Gasteiger partial charge < -0.3 is 0 Å². The Morgan fingerprint density at radius 3 is 1.38 bits per heavy atom. The average molecular weight is 403 g/mol. The van der Waals surface area contributed by atoms with E-state index in [1.807, 2.05) is 38.8 Å². The predicted octanol–water partition coefficient (Wildman–Crippen LogP) is 5.64. The van der Waals surface area contributed by atoms with Gasteiger partial charge in [-0.15, -0.1) is 24.8 Å². The number of halogens is 2. The van der Waals surface area contributed by atoms with E-state index in [2.05, 4.69) is 24.3 Å². The van der Waals surface area contributed by atoms with Gasteiger partial charge in [-0.3, -0.25) is 0 Å². The molecule has 21 heavy (non-hydrogen) atoms. The minimum Gasteiger partial charge on any atom is -0.147 e. The molecule has 118 valence electrons. The third kappa shape index (κ3) is 6.02. The monoisotopic (exact) mass is 402 g/mol. The minimum absolute atomic E-state index is 0. The molecular formula is C14H22Cl2O2P2Ti. The Morgan fingerprint density at radius 1 is 0.810 bits per heavy atom. The fourth-order valence-electron chi connectivity index (χ4n) is 2.14. The summed E-state index contributed by atoms with van der Waals surface area (Å²) in [5, 5.41) is 2.04. The van der Waals surface area contributed by atoms with Crippen molar-refractivity contribution in [2.24, 2.45) is 0 Å². The Bertz CT molecular complexity index is 544. The molecule has 2 atom stereocenters. The first-order chi connectivity index (χ1) is 8.66. The van der Waals surface area contributed by atoms with Gasteiger partial charge in [-0.05, 0) is 0 Å². The molecule has 2 rings (SSSR count). The van der Waals surface area contributed by atoms with Crippen molar-refractivity contribution in [3.8, 4) is 0 Å². The van der Waals surface area contributed by atoms with Crippen molar-refractivity contribution in [2.75, 3.05) is 26.7 Å². The summed E-state index contributed by atoms with van der Waals surface area (Å²) < 4.78 is 25.0. The van der Waals surface area contributed by atoms with Gasteiger partial charge in [0.25, 0.3) is 0 Å². The van der Waals surface area contributed by atoms with E-state index in [-0.39, 0.29) is 44.0 Å². The Labute approximate surface area is 149 Å². The third-order valence-electron chi connectivity index (χ3n) is 3.28. The smallest absolute Gasteiger partial charge is 0.147 e. The van der Waals surface area contributed by atoms with Crippen molar-refractivity contribution in [1.82, 2.24) is 0 Å². The molecule has 0 aromatic carbocycles. The summed E-state index contributed by atoms with van der Waals surface area (Å²) in [5.74, 6) is 0. The van der Waals surface area contributed by atoms with Gasteiger partial charge in [-0.2, -0.15) is 0 Å². The quantitative estimate of drug-likeness (QED) is 0.450. The van der Waals surface area contributed by atoms with E-state index in [1.54, 1.807) is 0 Å². The Morgan fingerprint density at radius 2 is 1.14 bits per heavy atom. The summed E-state index contributed by atoms with van der Waals surface area (Å²) in [6.45, 7) is 7.29. The first-order valence-electron chi connectivity index (χ1n) is 6.33. The first kappa shape index (κ1) is 21.7. The Kier molecular flexibility index (Phi) is 8.28. The largest absolute Gasteiger partial charge is 0.147 e. The molecule has 2 aliphatic carbocycles. The molecule has 0 aromatic rings. The van der Waals surface area contributed by atoms with E-state index in [0.717, 1.165) is 10.6 Å². The second-order valence-electron chi connectivity index (χ2n) is 5.82. The van der Waals surface area contributed by atoms with Crippen molar-refractivity contribution < 1.29 is 28.3 Å². The molecule has 0 N–H and O–H groups in total. The van der Waals surface area contributed by atoms with E-state index >= 15 is 0 Å². The van der Waals surface area contributed by atoms with Crippen LogP contribution in [0.5, 0.6) is 0 Å². The molecule has 0 aliphatic heterocycles. The molecule has 0 radical (unpaired) electrons. The van der Waals surface area contributed by atoms with Crippen molar-refractivity contribution in [3.63, 3.8) is 0 Å². The van der Waals surface area contributed by atoms with Gasteiger partial charge in [-0.1, -0.05) is 0 Å². The van der Waals surface area contributed by atoms with Crippen LogP contribution < -0.4 is 0 Å². The average Bonchev–Trinajstić information content (AvgIpc) is 2.84. The van der Waals surface area contributed by atoms with Crippen LogP contribution in [0.1, 0.15) is 0 Å². The summed E-state index contributed by atoms with van der Waals surface area (Å²) in [4.78, 5) is 0. The van der Waals surface area contributed by atoms with Crippen molar-refractivity contribution in [1.29, 1.82) is 0 Å². The van der Waals surface area contributed by atoms with Gasteiger partial charge in [0.15, 0.2) is 0 Å². The number of allylic oxidation sites excluding steroid dienone is 8. The van der Waals surface area contributed by atoms with Crippen molar-refractivity contribution >= 4 is 39.1 Å². The van der Waals surface area contributed by atoms with Crippen LogP contribution in [0.4, 0.5) is 0 Å². The summed E-state index contributed by atoms with van der Waals surface area (Å²) in [7, 11) is -4.24. The van der Waals surface area contributed by atoms with Crippen LogP contribution in [0.2, 0.25) is 8.45 Å². The summed E-state index contributed by atoms with van der Waals surface area (Å²) >= 11 is -0.248. The second-order valence-corrected chi connectivity index (χ2v) is 14.9. The van der Waals surface area contributed by atoms with Crippen LogP contribution >= 0.6 is 39.1 Å². The fraction of sp³-hybridized carbons (Fsp3) is 0.429. The SMILES string of the molecule is CP(C)(=O)C1=C[CH]([Ti][CH]2C=CC(P(C)(C)=O)=C2)C=C1.Cl.Cl. The molecule has 0 saturated carbocycles. The molecule has 2 nitrogen and oxygen atoms in total. The van der Waals surface area contributed by atoms with E-state index in [1.165, 1.54) is 0 Å². The maximum absolute atomic E-state index is 12.0. The normalized spacial score (nSPS) is 24.0. The summed E-state index contributed by atoms with van der Waals surface area (Å²) in [6.07, 6.45) is 12.8. The molecule has 7 heteroatoms. The molecule has 0 bridgehead atoms. The van der Waals surface area contributed by atoms with Crippen LogP contribution in [-0.4, -0.2) is 26.7 Å². The van der Waals surface area contributed by atoms with Crippen molar-refractivity contribution in [3.05, 3.63) is 47.1 Å². The zero-order chi connectivity index (χ0) is 14.3. The number of rotatable bonds is 4. The topological polar surface area (TPSA) is 34.1 Å². The second kappa shape index (κ2) is 8.00. The minimum atomic E-state index is -2.12. The molecule has 0 saturated heterocycles. The molecule has 0 aromatic heterocycles. The predicted molar refractivity (Wildman–Crippen MR) is 95.4 cm³/mol. The number of hydrogen-bond acceptors (Lipinski definition) is 2. The summed E-state index contributed by atoms with van der Waals surface area (Å²) in [6, 6.07) is 0. The van der Waals surface area contributed by atoms with Gasteiger partial charge in [-0.25, -0.2) is 0 Å². The molecular weight excluding hydrogens is 381 g/mol. The molecule has 0 amide bonds. The molecule has 2 aliphatic rings. The molecule has 0 fully saturated rings.